The van der Waals surface area contributed by atoms with Gasteiger partial charge in [0.25, 0.3) is 0 Å². The topological polar surface area (TPSA) is 44.8 Å². The monoisotopic (exact) mass is 271 g/mol. The fraction of sp³-hybridized carbons (Fsp3) is 0.462. The molecule has 1 aromatic rings. The Labute approximate surface area is 112 Å². The van der Waals surface area contributed by atoms with Crippen LogP contribution in [-0.4, -0.2) is 24.2 Å². The van der Waals surface area contributed by atoms with Crippen LogP contribution in [0.1, 0.15) is 20.8 Å². The van der Waals surface area contributed by atoms with Gasteiger partial charge in [0.2, 0.25) is 0 Å². The zero-order valence-electron chi connectivity index (χ0n) is 10.7. The average molecular weight is 272 g/mol. The Morgan fingerprint density at radius 2 is 2.00 bits per heavy atom. The van der Waals surface area contributed by atoms with Gasteiger partial charge in [-0.1, -0.05) is 0 Å². The summed E-state index contributed by atoms with van der Waals surface area (Å²) in [5, 5.41) is 0. The second kappa shape index (κ2) is 6.50. The van der Waals surface area contributed by atoms with Crippen LogP contribution in [0.15, 0.2) is 18.2 Å². The highest BCUT2D eigenvalue weighted by molar-refractivity contribution is 6.18. The molecule has 0 bridgehead atoms. The van der Waals surface area contributed by atoms with E-state index >= 15 is 0 Å². The third-order valence-corrected chi connectivity index (χ3v) is 1.83. The smallest absolute Gasteiger partial charge is 0.492 e. The minimum Gasteiger partial charge on any atom is -0.492 e. The summed E-state index contributed by atoms with van der Waals surface area (Å²) in [5.41, 5.74) is -0.590. The number of carbonyl (C=O) groups is 1. The van der Waals surface area contributed by atoms with Crippen molar-refractivity contribution < 1.29 is 19.0 Å². The van der Waals surface area contributed by atoms with E-state index in [-0.39, 0.29) is 0 Å². The van der Waals surface area contributed by atoms with Gasteiger partial charge in [0.05, 0.1) is 5.88 Å². The molecule has 0 amide bonds. The number of ether oxygens (including phenoxy) is 3. The standard InChI is InChI=1S/C13H16ClO4/c1-13(2,3)18-12(15)17-11-6-4-5-10(9-11)16-8-7-14/h5-6,9H,7-8H2,1-3H3. The fourth-order valence-electron chi connectivity index (χ4n) is 1.10. The maximum absolute atomic E-state index is 11.4. The maximum Gasteiger partial charge on any atom is 0.514 e. The normalized spacial score (nSPS) is 10.9. The number of rotatable bonds is 4. The van der Waals surface area contributed by atoms with Gasteiger partial charge in [-0.15, -0.1) is 11.6 Å². The first-order valence-electron chi connectivity index (χ1n) is 5.51. The minimum atomic E-state index is -0.759. The molecule has 5 heteroatoms. The van der Waals surface area contributed by atoms with Gasteiger partial charge in [0.1, 0.15) is 23.7 Å². The zero-order chi connectivity index (χ0) is 13.6. The number of carbonyl (C=O) groups excluding carboxylic acids is 1. The van der Waals surface area contributed by atoms with E-state index in [2.05, 4.69) is 6.07 Å². The lowest BCUT2D eigenvalue weighted by atomic mass is 10.2. The summed E-state index contributed by atoms with van der Waals surface area (Å²) >= 11 is 5.51. The molecule has 1 rings (SSSR count). The molecule has 1 radical (unpaired) electrons. The number of hydrogen-bond donors (Lipinski definition) is 0. The molecule has 0 unspecified atom stereocenters. The highest BCUT2D eigenvalue weighted by Gasteiger charge is 2.18. The molecule has 0 fully saturated rings. The van der Waals surface area contributed by atoms with Gasteiger partial charge in [-0.05, 0) is 39.0 Å². The van der Waals surface area contributed by atoms with E-state index in [1.54, 1.807) is 32.9 Å². The molecular weight excluding hydrogens is 256 g/mol. The molecule has 4 nitrogen and oxygen atoms in total. The molecule has 0 aliphatic rings. The predicted molar refractivity (Wildman–Crippen MR) is 68.4 cm³/mol. The van der Waals surface area contributed by atoms with Crippen molar-refractivity contribution in [2.75, 3.05) is 12.5 Å². The number of halogens is 1. The van der Waals surface area contributed by atoms with Crippen LogP contribution in [0, 0.1) is 6.07 Å². The van der Waals surface area contributed by atoms with Gasteiger partial charge in [0, 0.05) is 6.07 Å². The van der Waals surface area contributed by atoms with Crippen molar-refractivity contribution in [3.8, 4) is 11.5 Å². The van der Waals surface area contributed by atoms with Gasteiger partial charge < -0.3 is 14.2 Å². The van der Waals surface area contributed by atoms with Crippen LogP contribution in [0.3, 0.4) is 0 Å². The second-order valence-corrected chi connectivity index (χ2v) is 4.89. The third-order valence-electron chi connectivity index (χ3n) is 1.67. The lowest BCUT2D eigenvalue weighted by Crippen LogP contribution is -2.25. The first-order valence-corrected chi connectivity index (χ1v) is 6.05. The lowest BCUT2D eigenvalue weighted by Gasteiger charge is -2.18. The van der Waals surface area contributed by atoms with Crippen molar-refractivity contribution in [2.45, 2.75) is 26.4 Å². The molecule has 0 heterocycles. The van der Waals surface area contributed by atoms with E-state index < -0.39 is 11.8 Å². The van der Waals surface area contributed by atoms with Crippen molar-refractivity contribution in [3.05, 3.63) is 24.3 Å². The highest BCUT2D eigenvalue weighted by Crippen LogP contribution is 2.20. The van der Waals surface area contributed by atoms with Gasteiger partial charge in [-0.3, -0.25) is 0 Å². The Hall–Kier alpha value is -1.42. The Balaban J connectivity index is 2.59. The molecular formula is C13H16ClO4. The summed E-state index contributed by atoms with van der Waals surface area (Å²) < 4.78 is 15.3. The molecule has 1 aromatic carbocycles. The van der Waals surface area contributed by atoms with Crippen molar-refractivity contribution >= 4 is 17.8 Å². The SMILES string of the molecule is CC(C)(C)OC(=O)Oc1c[c]cc(OCCCl)c1. The van der Waals surface area contributed by atoms with Gasteiger partial charge in [-0.25, -0.2) is 4.79 Å². The largest absolute Gasteiger partial charge is 0.514 e. The Bertz CT molecular complexity index is 398. The van der Waals surface area contributed by atoms with Crippen LogP contribution in [-0.2, 0) is 4.74 Å². The van der Waals surface area contributed by atoms with E-state index in [0.29, 0.717) is 24.0 Å². The molecule has 0 N–H and O–H groups in total. The van der Waals surface area contributed by atoms with Crippen molar-refractivity contribution in [1.82, 2.24) is 0 Å². The Kier molecular flexibility index (Phi) is 5.28. The second-order valence-electron chi connectivity index (χ2n) is 4.51. The summed E-state index contributed by atoms with van der Waals surface area (Å²) in [4.78, 5) is 11.4. The first-order chi connectivity index (χ1) is 8.40. The Morgan fingerprint density at radius 1 is 1.33 bits per heavy atom. The summed E-state index contributed by atoms with van der Waals surface area (Å²) in [6, 6.07) is 7.54. The average Bonchev–Trinajstić information content (AvgIpc) is 2.24. The van der Waals surface area contributed by atoms with Gasteiger partial charge in [0.15, 0.2) is 0 Å². The van der Waals surface area contributed by atoms with Crippen LogP contribution in [0.4, 0.5) is 4.79 Å². The van der Waals surface area contributed by atoms with Crippen molar-refractivity contribution in [3.63, 3.8) is 0 Å². The predicted octanol–water partition coefficient (Wildman–Crippen LogP) is 3.42. The van der Waals surface area contributed by atoms with E-state index in [4.69, 9.17) is 25.8 Å². The summed E-state index contributed by atoms with van der Waals surface area (Å²) in [6.07, 6.45) is -0.759. The van der Waals surface area contributed by atoms with Crippen LogP contribution in [0.5, 0.6) is 11.5 Å². The third kappa shape index (κ3) is 5.77. The quantitative estimate of drug-likeness (QED) is 0.478. The minimum absolute atomic E-state index is 0.316. The van der Waals surface area contributed by atoms with Crippen molar-refractivity contribution in [2.24, 2.45) is 0 Å². The molecule has 18 heavy (non-hydrogen) atoms. The van der Waals surface area contributed by atoms with E-state index in [1.807, 2.05) is 0 Å². The molecule has 0 atom stereocenters. The summed E-state index contributed by atoms with van der Waals surface area (Å²) in [7, 11) is 0. The first kappa shape index (κ1) is 14.6. The number of alkyl halides is 1. The van der Waals surface area contributed by atoms with E-state index in [0.717, 1.165) is 0 Å². The van der Waals surface area contributed by atoms with Crippen LogP contribution >= 0.6 is 11.6 Å². The molecule has 0 saturated heterocycles. The van der Waals surface area contributed by atoms with Crippen LogP contribution < -0.4 is 9.47 Å². The highest BCUT2D eigenvalue weighted by atomic mass is 35.5. The summed E-state index contributed by atoms with van der Waals surface area (Å²) in [5.74, 6) is 1.24. The lowest BCUT2D eigenvalue weighted by molar-refractivity contribution is 0.0206. The van der Waals surface area contributed by atoms with E-state index in [9.17, 15) is 4.79 Å². The summed E-state index contributed by atoms with van der Waals surface area (Å²) in [6.45, 7) is 5.67. The van der Waals surface area contributed by atoms with Crippen molar-refractivity contribution in [1.29, 1.82) is 0 Å². The maximum atomic E-state index is 11.4. The molecule has 0 spiro atoms. The molecule has 0 aromatic heterocycles. The molecule has 0 aliphatic heterocycles. The molecule has 0 saturated carbocycles. The fourth-order valence-corrected chi connectivity index (χ4v) is 1.17. The van der Waals surface area contributed by atoms with Gasteiger partial charge in [-0.2, -0.15) is 0 Å². The molecule has 0 aliphatic carbocycles. The zero-order valence-corrected chi connectivity index (χ0v) is 11.4. The van der Waals surface area contributed by atoms with Crippen LogP contribution in [0.2, 0.25) is 0 Å². The number of benzene rings is 1. The Morgan fingerprint density at radius 3 is 2.61 bits per heavy atom. The van der Waals surface area contributed by atoms with Gasteiger partial charge >= 0.3 is 6.16 Å². The van der Waals surface area contributed by atoms with E-state index in [1.165, 1.54) is 6.07 Å². The number of hydrogen-bond acceptors (Lipinski definition) is 4. The molecule has 99 valence electrons. The van der Waals surface area contributed by atoms with Crippen LogP contribution in [0.25, 0.3) is 0 Å².